The Bertz CT molecular complexity index is 417. The lowest BCUT2D eigenvalue weighted by Gasteiger charge is -2.19. The van der Waals surface area contributed by atoms with Crippen molar-refractivity contribution < 1.29 is 14.3 Å². The first-order valence-electron chi connectivity index (χ1n) is 6.14. The molecule has 0 aliphatic carbocycles. The van der Waals surface area contributed by atoms with Gasteiger partial charge in [0.2, 0.25) is 0 Å². The number of rotatable bonds is 4. The normalized spacial score (nSPS) is 11.2. The quantitative estimate of drug-likeness (QED) is 0.767. The van der Waals surface area contributed by atoms with Crippen molar-refractivity contribution in [2.75, 3.05) is 14.2 Å². The van der Waals surface area contributed by atoms with Crippen molar-refractivity contribution >= 4 is 5.78 Å². The second-order valence-corrected chi connectivity index (χ2v) is 5.29. The lowest BCUT2D eigenvalue weighted by molar-refractivity contribution is 0.0857. The second kappa shape index (κ2) is 5.42. The van der Waals surface area contributed by atoms with Crippen LogP contribution in [0.5, 0.6) is 11.5 Å². The Morgan fingerprint density at radius 3 is 1.83 bits per heavy atom. The van der Waals surface area contributed by atoms with Crippen LogP contribution in [0.25, 0.3) is 0 Å². The van der Waals surface area contributed by atoms with E-state index in [1.54, 1.807) is 26.4 Å². The molecular formula is C15H22O3. The third-order valence-electron chi connectivity index (χ3n) is 2.90. The van der Waals surface area contributed by atoms with Crippen LogP contribution in [-0.2, 0) is 6.42 Å². The Morgan fingerprint density at radius 1 is 1.11 bits per heavy atom. The maximum absolute atomic E-state index is 12.3. The minimum absolute atomic E-state index is 0.0850. The minimum Gasteiger partial charge on any atom is -0.496 e. The van der Waals surface area contributed by atoms with Crippen LogP contribution in [0.3, 0.4) is 0 Å². The highest BCUT2D eigenvalue weighted by molar-refractivity contribution is 6.00. The van der Waals surface area contributed by atoms with Gasteiger partial charge in [0.05, 0.1) is 14.2 Å². The molecule has 100 valence electrons. The monoisotopic (exact) mass is 250 g/mol. The highest BCUT2D eigenvalue weighted by Gasteiger charge is 2.25. The van der Waals surface area contributed by atoms with Gasteiger partial charge >= 0.3 is 0 Å². The van der Waals surface area contributed by atoms with E-state index in [1.165, 1.54) is 0 Å². The van der Waals surface area contributed by atoms with Crippen LogP contribution in [-0.4, -0.2) is 20.0 Å². The van der Waals surface area contributed by atoms with Gasteiger partial charge < -0.3 is 9.47 Å². The van der Waals surface area contributed by atoms with Crippen molar-refractivity contribution in [1.29, 1.82) is 0 Å². The molecule has 0 bridgehead atoms. The Kier molecular flexibility index (Phi) is 4.38. The van der Waals surface area contributed by atoms with Gasteiger partial charge in [-0.05, 0) is 18.6 Å². The fraction of sp³-hybridized carbons (Fsp3) is 0.533. The van der Waals surface area contributed by atoms with Gasteiger partial charge in [0, 0.05) is 16.5 Å². The van der Waals surface area contributed by atoms with E-state index in [4.69, 9.17) is 9.47 Å². The summed E-state index contributed by atoms with van der Waals surface area (Å²) < 4.78 is 10.7. The van der Waals surface area contributed by atoms with Gasteiger partial charge in [0.1, 0.15) is 11.5 Å². The summed E-state index contributed by atoms with van der Waals surface area (Å²) in [6.45, 7) is 7.75. The molecule has 0 radical (unpaired) electrons. The molecule has 0 fully saturated rings. The molecule has 0 spiro atoms. The molecule has 3 nitrogen and oxygen atoms in total. The molecule has 1 aromatic carbocycles. The largest absolute Gasteiger partial charge is 0.496 e. The number of Topliss-reactive ketones (excluding diaryl/α,β-unsaturated/α-hetero) is 1. The molecule has 0 N–H and O–H groups in total. The van der Waals surface area contributed by atoms with Crippen molar-refractivity contribution in [3.05, 3.63) is 23.3 Å². The summed E-state index contributed by atoms with van der Waals surface area (Å²) in [6.07, 6.45) is 0.802. The van der Waals surface area contributed by atoms with Crippen molar-refractivity contribution in [1.82, 2.24) is 0 Å². The van der Waals surface area contributed by atoms with E-state index in [0.717, 1.165) is 12.0 Å². The summed E-state index contributed by atoms with van der Waals surface area (Å²) in [5.41, 5.74) is 1.21. The molecule has 0 aliphatic heterocycles. The standard InChI is InChI=1S/C15H22O3/c1-7-11-12(17-5)8-10(9-13(11)18-6)14(16)15(2,3)4/h8-9H,7H2,1-6H3. The number of ether oxygens (including phenoxy) is 2. The fourth-order valence-corrected chi connectivity index (χ4v) is 1.90. The molecule has 0 amide bonds. The maximum Gasteiger partial charge on any atom is 0.168 e. The number of ketones is 1. The highest BCUT2D eigenvalue weighted by atomic mass is 16.5. The number of hydrogen-bond acceptors (Lipinski definition) is 3. The third-order valence-corrected chi connectivity index (χ3v) is 2.90. The first-order valence-corrected chi connectivity index (χ1v) is 6.14. The van der Waals surface area contributed by atoms with Crippen LogP contribution >= 0.6 is 0 Å². The molecule has 3 heteroatoms. The van der Waals surface area contributed by atoms with E-state index in [1.807, 2.05) is 27.7 Å². The molecule has 0 atom stereocenters. The van der Waals surface area contributed by atoms with Gasteiger partial charge in [0.25, 0.3) is 0 Å². The molecule has 0 saturated carbocycles. The first-order chi connectivity index (χ1) is 8.35. The molecule has 0 heterocycles. The summed E-state index contributed by atoms with van der Waals surface area (Å²) in [4.78, 5) is 12.3. The zero-order valence-corrected chi connectivity index (χ0v) is 12.1. The first kappa shape index (κ1) is 14.6. The van der Waals surface area contributed by atoms with Crippen LogP contribution in [0.1, 0.15) is 43.6 Å². The molecule has 0 unspecified atom stereocenters. The summed E-state index contributed by atoms with van der Waals surface area (Å²) >= 11 is 0. The predicted octanol–water partition coefficient (Wildman–Crippen LogP) is 3.50. The SMILES string of the molecule is CCc1c(OC)cc(C(=O)C(C)(C)C)cc1OC. The number of carbonyl (C=O) groups is 1. The Labute approximate surface area is 109 Å². The summed E-state index contributed by atoms with van der Waals surface area (Å²) in [7, 11) is 3.22. The maximum atomic E-state index is 12.3. The van der Waals surface area contributed by atoms with Crippen molar-refractivity contribution in [3.63, 3.8) is 0 Å². The van der Waals surface area contributed by atoms with E-state index in [2.05, 4.69) is 0 Å². The van der Waals surface area contributed by atoms with Crippen LogP contribution in [0.15, 0.2) is 12.1 Å². The molecule has 1 aromatic rings. The average Bonchev–Trinajstić information content (AvgIpc) is 2.34. The molecule has 18 heavy (non-hydrogen) atoms. The lowest BCUT2D eigenvalue weighted by atomic mass is 9.86. The minimum atomic E-state index is -0.413. The highest BCUT2D eigenvalue weighted by Crippen LogP contribution is 2.33. The van der Waals surface area contributed by atoms with Crippen LogP contribution < -0.4 is 9.47 Å². The second-order valence-electron chi connectivity index (χ2n) is 5.29. The molecule has 0 aromatic heterocycles. The van der Waals surface area contributed by atoms with Crippen molar-refractivity contribution in [3.8, 4) is 11.5 Å². The van der Waals surface area contributed by atoms with Gasteiger partial charge in [-0.2, -0.15) is 0 Å². The zero-order valence-electron chi connectivity index (χ0n) is 12.1. The smallest absolute Gasteiger partial charge is 0.168 e. The third kappa shape index (κ3) is 2.84. The predicted molar refractivity (Wildman–Crippen MR) is 72.7 cm³/mol. The van der Waals surface area contributed by atoms with Gasteiger partial charge in [0.15, 0.2) is 5.78 Å². The summed E-state index contributed by atoms with van der Waals surface area (Å²) in [6, 6.07) is 3.60. The summed E-state index contributed by atoms with van der Waals surface area (Å²) in [5.74, 6) is 1.51. The van der Waals surface area contributed by atoms with E-state index < -0.39 is 5.41 Å². The van der Waals surface area contributed by atoms with Gasteiger partial charge in [-0.1, -0.05) is 27.7 Å². The van der Waals surface area contributed by atoms with Crippen molar-refractivity contribution in [2.45, 2.75) is 34.1 Å². The van der Waals surface area contributed by atoms with E-state index in [0.29, 0.717) is 17.1 Å². The van der Waals surface area contributed by atoms with Gasteiger partial charge in [-0.25, -0.2) is 0 Å². The van der Waals surface area contributed by atoms with Crippen LogP contribution in [0, 0.1) is 5.41 Å². The zero-order chi connectivity index (χ0) is 13.9. The average molecular weight is 250 g/mol. The number of carbonyl (C=O) groups excluding carboxylic acids is 1. The van der Waals surface area contributed by atoms with Crippen LogP contribution in [0.2, 0.25) is 0 Å². The fourth-order valence-electron chi connectivity index (χ4n) is 1.90. The van der Waals surface area contributed by atoms with E-state index >= 15 is 0 Å². The Hall–Kier alpha value is -1.51. The molecular weight excluding hydrogens is 228 g/mol. The topological polar surface area (TPSA) is 35.5 Å². The molecule has 1 rings (SSSR count). The summed E-state index contributed by atoms with van der Waals surface area (Å²) in [5, 5.41) is 0. The van der Waals surface area contributed by atoms with E-state index in [9.17, 15) is 4.79 Å². The van der Waals surface area contributed by atoms with E-state index in [-0.39, 0.29) is 5.78 Å². The van der Waals surface area contributed by atoms with Gasteiger partial charge in [-0.3, -0.25) is 4.79 Å². The lowest BCUT2D eigenvalue weighted by Crippen LogP contribution is -2.20. The van der Waals surface area contributed by atoms with Crippen molar-refractivity contribution in [2.24, 2.45) is 5.41 Å². The Morgan fingerprint density at radius 2 is 1.56 bits per heavy atom. The number of benzene rings is 1. The van der Waals surface area contributed by atoms with Gasteiger partial charge in [-0.15, -0.1) is 0 Å². The molecule has 0 aliphatic rings. The van der Waals surface area contributed by atoms with Crippen LogP contribution in [0.4, 0.5) is 0 Å². The molecule has 0 saturated heterocycles. The Balaban J connectivity index is 3.36. The number of methoxy groups -OCH3 is 2. The number of hydrogen-bond donors (Lipinski definition) is 0.